The maximum Gasteiger partial charge on any atom is 0.240 e. The fourth-order valence-corrected chi connectivity index (χ4v) is 2.36. The van der Waals surface area contributed by atoms with E-state index in [0.717, 1.165) is 0 Å². The summed E-state index contributed by atoms with van der Waals surface area (Å²) in [5.41, 5.74) is 0.217. The minimum atomic E-state index is -0.308. The van der Waals surface area contributed by atoms with Crippen molar-refractivity contribution in [3.63, 3.8) is 0 Å². The topological polar surface area (TPSA) is 56.7 Å². The quantitative estimate of drug-likeness (QED) is 0.589. The van der Waals surface area contributed by atoms with Crippen LogP contribution in [-0.2, 0) is 11.3 Å². The van der Waals surface area contributed by atoms with Gasteiger partial charge in [-0.2, -0.15) is 0 Å². The van der Waals surface area contributed by atoms with Gasteiger partial charge in [-0.05, 0) is 39.8 Å². The molecular weight excluding hydrogens is 375 g/mol. The first-order valence-corrected chi connectivity index (χ1v) is 8.66. The Hall–Kier alpha value is -1.63. The van der Waals surface area contributed by atoms with Crippen LogP contribution in [0, 0.1) is 5.82 Å². The summed E-state index contributed by atoms with van der Waals surface area (Å²) in [5, 5.41) is 6.02. The van der Waals surface area contributed by atoms with Gasteiger partial charge in [0.15, 0.2) is 5.96 Å². The highest BCUT2D eigenvalue weighted by molar-refractivity contribution is 9.10. The zero-order chi connectivity index (χ0) is 18.3. The number of benzene rings is 1. The number of likely N-dealkylation sites (N-methyl/N-ethyl adjacent to an activating group) is 1. The van der Waals surface area contributed by atoms with Gasteiger partial charge in [-0.15, -0.1) is 0 Å². The minimum absolute atomic E-state index is 0.0922. The Labute approximate surface area is 151 Å². The molecule has 0 aliphatic heterocycles. The molecule has 0 atom stereocenters. The zero-order valence-corrected chi connectivity index (χ0v) is 16.5. The first kappa shape index (κ1) is 20.4. The summed E-state index contributed by atoms with van der Waals surface area (Å²) in [4.78, 5) is 18.2. The van der Waals surface area contributed by atoms with Gasteiger partial charge in [0.05, 0.1) is 13.1 Å². The number of rotatable bonds is 5. The standard InChI is InChI=1S/C17H26BrFN4O/c1-6-20-16(23(5)11-15(24)22-17(2,3)4)21-10-12-7-8-13(18)9-14(12)19/h7-9H,6,10-11H2,1-5H3,(H,20,21)(H,22,24). The van der Waals surface area contributed by atoms with E-state index < -0.39 is 0 Å². The number of hydrogen-bond acceptors (Lipinski definition) is 2. The number of amides is 1. The van der Waals surface area contributed by atoms with Gasteiger partial charge in [-0.25, -0.2) is 9.38 Å². The van der Waals surface area contributed by atoms with Crippen LogP contribution in [0.25, 0.3) is 0 Å². The predicted molar refractivity (Wildman–Crippen MR) is 99.4 cm³/mol. The Morgan fingerprint density at radius 1 is 1.38 bits per heavy atom. The summed E-state index contributed by atoms with van der Waals surface area (Å²) in [6, 6.07) is 4.89. The molecule has 1 aromatic carbocycles. The second-order valence-electron chi connectivity index (χ2n) is 6.56. The molecule has 0 heterocycles. The van der Waals surface area contributed by atoms with E-state index in [9.17, 15) is 9.18 Å². The van der Waals surface area contributed by atoms with E-state index >= 15 is 0 Å². The van der Waals surface area contributed by atoms with Crippen molar-refractivity contribution < 1.29 is 9.18 Å². The van der Waals surface area contributed by atoms with Gasteiger partial charge >= 0.3 is 0 Å². The lowest BCUT2D eigenvalue weighted by Crippen LogP contribution is -2.48. The van der Waals surface area contributed by atoms with Gasteiger partial charge in [0.25, 0.3) is 0 Å². The summed E-state index contributed by atoms with van der Waals surface area (Å²) in [7, 11) is 1.78. The van der Waals surface area contributed by atoms with Crippen molar-refractivity contribution in [1.29, 1.82) is 0 Å². The molecule has 1 amide bonds. The van der Waals surface area contributed by atoms with Crippen LogP contribution in [0.15, 0.2) is 27.7 Å². The SMILES string of the molecule is CCNC(=NCc1ccc(Br)cc1F)N(C)CC(=O)NC(C)(C)C. The lowest BCUT2D eigenvalue weighted by atomic mass is 10.1. The maximum absolute atomic E-state index is 13.9. The summed E-state index contributed by atoms with van der Waals surface area (Å²) < 4.78 is 14.6. The average Bonchev–Trinajstić information content (AvgIpc) is 2.42. The Kier molecular flexibility index (Phi) is 7.66. The number of halogens is 2. The van der Waals surface area contributed by atoms with Gasteiger partial charge in [0.2, 0.25) is 5.91 Å². The van der Waals surface area contributed by atoms with Crippen LogP contribution in [0.3, 0.4) is 0 Å². The van der Waals surface area contributed by atoms with Crippen LogP contribution in [-0.4, -0.2) is 42.4 Å². The normalized spacial score (nSPS) is 12.0. The Morgan fingerprint density at radius 3 is 2.58 bits per heavy atom. The average molecular weight is 401 g/mol. The lowest BCUT2D eigenvalue weighted by Gasteiger charge is -2.25. The summed E-state index contributed by atoms with van der Waals surface area (Å²) in [6.07, 6.45) is 0. The van der Waals surface area contributed by atoms with E-state index in [1.54, 1.807) is 24.1 Å². The Morgan fingerprint density at radius 2 is 2.04 bits per heavy atom. The van der Waals surface area contributed by atoms with Gasteiger partial charge < -0.3 is 15.5 Å². The first-order chi connectivity index (χ1) is 11.1. The summed E-state index contributed by atoms with van der Waals surface area (Å²) in [5.74, 6) is 0.159. The van der Waals surface area contributed by atoms with E-state index in [2.05, 4.69) is 31.6 Å². The number of nitrogens with zero attached hydrogens (tertiary/aromatic N) is 2. The second-order valence-corrected chi connectivity index (χ2v) is 7.48. The minimum Gasteiger partial charge on any atom is -0.357 e. The van der Waals surface area contributed by atoms with Crippen LogP contribution in [0.4, 0.5) is 4.39 Å². The van der Waals surface area contributed by atoms with E-state index in [0.29, 0.717) is 22.5 Å². The van der Waals surface area contributed by atoms with Crippen molar-refractivity contribution in [1.82, 2.24) is 15.5 Å². The monoisotopic (exact) mass is 400 g/mol. The van der Waals surface area contributed by atoms with E-state index in [4.69, 9.17) is 0 Å². The number of nitrogens with one attached hydrogen (secondary N) is 2. The van der Waals surface area contributed by atoms with Crippen molar-refractivity contribution >= 4 is 27.8 Å². The second kappa shape index (κ2) is 9.01. The summed E-state index contributed by atoms with van der Waals surface area (Å²) >= 11 is 3.23. The van der Waals surface area contributed by atoms with Crippen LogP contribution >= 0.6 is 15.9 Å². The largest absolute Gasteiger partial charge is 0.357 e. The third kappa shape index (κ3) is 7.29. The van der Waals surface area contributed by atoms with Crippen LogP contribution in [0.2, 0.25) is 0 Å². The molecular formula is C17H26BrFN4O. The molecule has 0 bridgehead atoms. The van der Waals surface area contributed by atoms with Crippen LogP contribution < -0.4 is 10.6 Å². The molecule has 0 fully saturated rings. The van der Waals surface area contributed by atoms with Crippen molar-refractivity contribution in [3.8, 4) is 0 Å². The maximum atomic E-state index is 13.9. The lowest BCUT2D eigenvalue weighted by molar-refractivity contribution is -0.122. The summed E-state index contributed by atoms with van der Waals surface area (Å²) in [6.45, 7) is 8.77. The fourth-order valence-electron chi connectivity index (χ4n) is 2.03. The fraction of sp³-hybridized carbons (Fsp3) is 0.529. The number of hydrogen-bond donors (Lipinski definition) is 2. The van der Waals surface area contributed by atoms with Gasteiger partial charge in [-0.3, -0.25) is 4.79 Å². The number of aliphatic imine (C=N–C) groups is 1. The Bertz CT molecular complexity index is 599. The number of guanidine groups is 1. The van der Waals surface area contributed by atoms with Crippen molar-refractivity contribution in [2.24, 2.45) is 4.99 Å². The molecule has 0 saturated heterocycles. The molecule has 7 heteroatoms. The smallest absolute Gasteiger partial charge is 0.240 e. The van der Waals surface area contributed by atoms with Gasteiger partial charge in [0, 0.05) is 29.2 Å². The van der Waals surface area contributed by atoms with E-state index in [1.807, 2.05) is 27.7 Å². The molecule has 2 N–H and O–H groups in total. The molecule has 24 heavy (non-hydrogen) atoms. The molecule has 0 unspecified atom stereocenters. The molecule has 0 aromatic heterocycles. The molecule has 134 valence electrons. The highest BCUT2D eigenvalue weighted by Gasteiger charge is 2.16. The molecule has 0 radical (unpaired) electrons. The number of carbonyl (C=O) groups is 1. The third-order valence-electron chi connectivity index (χ3n) is 3.01. The highest BCUT2D eigenvalue weighted by Crippen LogP contribution is 2.16. The Balaban J connectivity index is 2.78. The zero-order valence-electron chi connectivity index (χ0n) is 14.9. The van der Waals surface area contributed by atoms with Gasteiger partial charge in [0.1, 0.15) is 5.82 Å². The van der Waals surface area contributed by atoms with Crippen molar-refractivity contribution in [2.75, 3.05) is 20.1 Å². The first-order valence-electron chi connectivity index (χ1n) is 7.86. The predicted octanol–water partition coefficient (Wildman–Crippen LogP) is 2.90. The molecule has 0 saturated carbocycles. The molecule has 0 spiro atoms. The molecule has 0 aliphatic rings. The molecule has 1 rings (SSSR count). The van der Waals surface area contributed by atoms with Gasteiger partial charge in [-0.1, -0.05) is 22.0 Å². The van der Waals surface area contributed by atoms with Crippen LogP contribution in [0.1, 0.15) is 33.3 Å². The van der Waals surface area contributed by atoms with Crippen molar-refractivity contribution in [2.45, 2.75) is 39.8 Å². The molecule has 0 aliphatic carbocycles. The molecule has 5 nitrogen and oxygen atoms in total. The van der Waals surface area contributed by atoms with Crippen LogP contribution in [0.5, 0.6) is 0 Å². The van der Waals surface area contributed by atoms with Crippen molar-refractivity contribution in [3.05, 3.63) is 34.1 Å². The third-order valence-corrected chi connectivity index (χ3v) is 3.50. The van der Waals surface area contributed by atoms with E-state index in [-0.39, 0.29) is 30.4 Å². The number of carbonyl (C=O) groups excluding carboxylic acids is 1. The van der Waals surface area contributed by atoms with E-state index in [1.165, 1.54) is 6.07 Å². The highest BCUT2D eigenvalue weighted by atomic mass is 79.9. The molecule has 1 aromatic rings.